The smallest absolute Gasteiger partial charge is 0.252 e. The van der Waals surface area contributed by atoms with Gasteiger partial charge in [-0.25, -0.2) is 0 Å². The van der Waals surface area contributed by atoms with Gasteiger partial charge in [0, 0.05) is 37.5 Å². The Morgan fingerprint density at radius 2 is 1.75 bits per heavy atom. The van der Waals surface area contributed by atoms with E-state index in [9.17, 15) is 9.59 Å². The number of benzene rings is 2. The van der Waals surface area contributed by atoms with E-state index < -0.39 is 5.91 Å². The number of amides is 2. The van der Waals surface area contributed by atoms with Crippen LogP contribution in [0.4, 0.5) is 5.69 Å². The van der Waals surface area contributed by atoms with Crippen molar-refractivity contribution in [2.75, 3.05) is 12.4 Å². The predicted octanol–water partition coefficient (Wildman–Crippen LogP) is 2.74. The Morgan fingerprint density at radius 1 is 1.00 bits per heavy atom. The molecule has 1 heterocycles. The Kier molecular flexibility index (Phi) is 6.01. The summed E-state index contributed by atoms with van der Waals surface area (Å²) in [6.07, 6.45) is 2.03. The number of hydrogen-bond donors (Lipinski definition) is 3. The largest absolute Gasteiger partial charge is 0.380 e. The van der Waals surface area contributed by atoms with E-state index in [0.717, 1.165) is 16.8 Å². The molecule has 0 radical (unpaired) electrons. The molecule has 0 aliphatic rings. The number of carbonyl (C=O) groups is 2. The van der Waals surface area contributed by atoms with Gasteiger partial charge < -0.3 is 16.4 Å². The van der Waals surface area contributed by atoms with E-state index in [4.69, 9.17) is 5.73 Å². The number of nitrogens with zero attached hydrogens (tertiary/aromatic N) is 1. The van der Waals surface area contributed by atoms with Gasteiger partial charge in [-0.15, -0.1) is 0 Å². The summed E-state index contributed by atoms with van der Waals surface area (Å²) in [5.74, 6) is -0.666. The van der Waals surface area contributed by atoms with Crippen LogP contribution in [0.5, 0.6) is 0 Å². The lowest BCUT2D eigenvalue weighted by molar-refractivity contribution is 0.0961. The number of pyridine rings is 1. The molecule has 3 aromatic rings. The highest BCUT2D eigenvalue weighted by molar-refractivity contribution is 5.98. The maximum absolute atomic E-state index is 11.8. The second kappa shape index (κ2) is 8.81. The fourth-order valence-electron chi connectivity index (χ4n) is 2.91. The molecule has 142 valence electrons. The van der Waals surface area contributed by atoms with Crippen molar-refractivity contribution in [3.8, 4) is 0 Å². The van der Waals surface area contributed by atoms with Gasteiger partial charge in [-0.2, -0.15) is 0 Å². The molecule has 0 spiro atoms. The topological polar surface area (TPSA) is 97.1 Å². The highest BCUT2D eigenvalue weighted by Gasteiger charge is 2.11. The second-order valence-corrected chi connectivity index (χ2v) is 6.38. The highest BCUT2D eigenvalue weighted by atomic mass is 16.1. The first-order chi connectivity index (χ1) is 13.6. The van der Waals surface area contributed by atoms with Crippen LogP contribution in [-0.2, 0) is 13.0 Å². The molecule has 6 nitrogen and oxygen atoms in total. The lowest BCUT2D eigenvalue weighted by atomic mass is 10.0. The SMILES string of the molecule is CNC(=O)c1cccc(Cc2cc(NCc3ccccc3)c(C(N)=O)cn2)c1. The lowest BCUT2D eigenvalue weighted by Gasteiger charge is -2.12. The standard InChI is InChI=1S/C22H22N4O2/c1-24-22(28)17-9-5-8-16(10-17)11-18-12-20(19(14-25-18)21(23)27)26-13-15-6-3-2-4-7-15/h2-10,12,14H,11,13H2,1H3,(H2,23,27)(H,24,28)(H,25,26). The van der Waals surface area contributed by atoms with Crippen molar-refractivity contribution in [3.63, 3.8) is 0 Å². The van der Waals surface area contributed by atoms with E-state index in [-0.39, 0.29) is 5.91 Å². The molecule has 0 aliphatic heterocycles. The van der Waals surface area contributed by atoms with E-state index in [1.54, 1.807) is 13.1 Å². The van der Waals surface area contributed by atoms with Crippen LogP contribution in [0.1, 0.15) is 37.5 Å². The number of primary amides is 1. The molecule has 0 fully saturated rings. The van der Waals surface area contributed by atoms with E-state index in [2.05, 4.69) is 15.6 Å². The van der Waals surface area contributed by atoms with Crippen molar-refractivity contribution in [1.82, 2.24) is 10.3 Å². The summed E-state index contributed by atoms with van der Waals surface area (Å²) >= 11 is 0. The minimum Gasteiger partial charge on any atom is -0.380 e. The van der Waals surface area contributed by atoms with Crippen molar-refractivity contribution in [3.05, 3.63) is 94.8 Å². The number of rotatable bonds is 7. The Morgan fingerprint density at radius 3 is 2.46 bits per heavy atom. The first-order valence-corrected chi connectivity index (χ1v) is 8.94. The first kappa shape index (κ1) is 19.1. The molecule has 1 aromatic heterocycles. The third-order valence-electron chi connectivity index (χ3n) is 4.35. The van der Waals surface area contributed by atoms with Crippen molar-refractivity contribution in [1.29, 1.82) is 0 Å². The summed E-state index contributed by atoms with van der Waals surface area (Å²) in [4.78, 5) is 27.9. The third-order valence-corrected chi connectivity index (χ3v) is 4.35. The van der Waals surface area contributed by atoms with Crippen molar-refractivity contribution in [2.45, 2.75) is 13.0 Å². The van der Waals surface area contributed by atoms with Crippen LogP contribution in [0.3, 0.4) is 0 Å². The van der Waals surface area contributed by atoms with Gasteiger partial charge in [0.15, 0.2) is 0 Å². The number of carbonyl (C=O) groups excluding carboxylic acids is 2. The molecule has 0 bridgehead atoms. The maximum atomic E-state index is 11.8. The number of nitrogens with one attached hydrogen (secondary N) is 2. The fourth-order valence-corrected chi connectivity index (χ4v) is 2.91. The summed E-state index contributed by atoms with van der Waals surface area (Å²) < 4.78 is 0. The minimum absolute atomic E-state index is 0.135. The third kappa shape index (κ3) is 4.73. The van der Waals surface area contributed by atoms with Crippen LogP contribution >= 0.6 is 0 Å². The predicted molar refractivity (Wildman–Crippen MR) is 109 cm³/mol. The zero-order valence-electron chi connectivity index (χ0n) is 15.6. The Bertz CT molecular complexity index is 987. The van der Waals surface area contributed by atoms with Gasteiger partial charge >= 0.3 is 0 Å². The zero-order chi connectivity index (χ0) is 19.9. The van der Waals surface area contributed by atoms with Gasteiger partial charge in [0.25, 0.3) is 11.8 Å². The van der Waals surface area contributed by atoms with Gasteiger partial charge in [-0.05, 0) is 29.3 Å². The van der Waals surface area contributed by atoms with Gasteiger partial charge in [-0.1, -0.05) is 42.5 Å². The molecule has 0 aliphatic carbocycles. The molecular weight excluding hydrogens is 352 g/mol. The molecule has 2 amide bonds. The summed E-state index contributed by atoms with van der Waals surface area (Å²) in [5.41, 5.74) is 9.89. The second-order valence-electron chi connectivity index (χ2n) is 6.38. The van der Waals surface area contributed by atoms with Crippen molar-refractivity contribution >= 4 is 17.5 Å². The highest BCUT2D eigenvalue weighted by Crippen LogP contribution is 2.19. The maximum Gasteiger partial charge on any atom is 0.252 e. The number of aromatic nitrogens is 1. The van der Waals surface area contributed by atoms with Crippen LogP contribution in [0.25, 0.3) is 0 Å². The zero-order valence-corrected chi connectivity index (χ0v) is 15.6. The average Bonchev–Trinajstić information content (AvgIpc) is 2.72. The van der Waals surface area contributed by atoms with Gasteiger partial charge in [-0.3, -0.25) is 14.6 Å². The quantitative estimate of drug-likeness (QED) is 0.592. The monoisotopic (exact) mass is 374 g/mol. The Labute approximate surface area is 163 Å². The lowest BCUT2D eigenvalue weighted by Crippen LogP contribution is -2.17. The normalized spacial score (nSPS) is 10.3. The number of hydrogen-bond acceptors (Lipinski definition) is 4. The summed E-state index contributed by atoms with van der Waals surface area (Å²) in [6.45, 7) is 0.566. The molecule has 0 saturated carbocycles. The van der Waals surface area contributed by atoms with Gasteiger partial charge in [0.05, 0.1) is 11.3 Å². The fraction of sp³-hybridized carbons (Fsp3) is 0.136. The van der Waals surface area contributed by atoms with Gasteiger partial charge in [0.1, 0.15) is 0 Å². The van der Waals surface area contributed by atoms with Gasteiger partial charge in [0.2, 0.25) is 0 Å². The number of anilines is 1. The van der Waals surface area contributed by atoms with E-state index in [1.807, 2.05) is 54.6 Å². The van der Waals surface area contributed by atoms with Crippen LogP contribution < -0.4 is 16.4 Å². The van der Waals surface area contributed by atoms with Crippen LogP contribution in [0, 0.1) is 0 Å². The van der Waals surface area contributed by atoms with Crippen LogP contribution in [-0.4, -0.2) is 23.8 Å². The molecular formula is C22H22N4O2. The molecule has 3 rings (SSSR count). The van der Waals surface area contributed by atoms with Crippen molar-refractivity contribution < 1.29 is 9.59 Å². The molecule has 0 unspecified atom stereocenters. The molecule has 0 saturated heterocycles. The Balaban J connectivity index is 1.82. The molecule has 0 atom stereocenters. The first-order valence-electron chi connectivity index (χ1n) is 8.94. The number of nitrogens with two attached hydrogens (primary N) is 1. The molecule has 28 heavy (non-hydrogen) atoms. The van der Waals surface area contributed by atoms with E-state index in [0.29, 0.717) is 29.8 Å². The average molecular weight is 374 g/mol. The molecule has 6 heteroatoms. The summed E-state index contributed by atoms with van der Waals surface area (Å²) in [7, 11) is 1.60. The van der Waals surface area contributed by atoms with Crippen LogP contribution in [0.15, 0.2) is 66.9 Å². The summed E-state index contributed by atoms with van der Waals surface area (Å²) in [6, 6.07) is 19.1. The summed E-state index contributed by atoms with van der Waals surface area (Å²) in [5, 5.41) is 5.89. The molecule has 4 N–H and O–H groups in total. The van der Waals surface area contributed by atoms with Crippen LogP contribution in [0.2, 0.25) is 0 Å². The van der Waals surface area contributed by atoms with E-state index >= 15 is 0 Å². The molecule has 2 aromatic carbocycles. The Hall–Kier alpha value is -3.67. The minimum atomic E-state index is -0.531. The van der Waals surface area contributed by atoms with Crippen molar-refractivity contribution in [2.24, 2.45) is 5.73 Å². The van der Waals surface area contributed by atoms with E-state index in [1.165, 1.54) is 6.20 Å².